The van der Waals surface area contributed by atoms with Gasteiger partial charge in [0, 0.05) is 30.6 Å². The Bertz CT molecular complexity index is 1370. The van der Waals surface area contributed by atoms with Gasteiger partial charge in [-0.2, -0.15) is 0 Å². The molecule has 8 heteroatoms. The van der Waals surface area contributed by atoms with Crippen molar-refractivity contribution >= 4 is 25.8 Å². The number of nitrogens with zero attached hydrogens (tertiary/aromatic N) is 1. The largest absolute Gasteiger partial charge is 0.543 e. The van der Waals surface area contributed by atoms with Gasteiger partial charge >= 0.3 is 0 Å². The van der Waals surface area contributed by atoms with Crippen molar-refractivity contribution in [3.63, 3.8) is 0 Å². The number of imide groups is 1. The number of methoxy groups -OCH3 is 1. The third-order valence-electron chi connectivity index (χ3n) is 10.6. The molecule has 0 aromatic heterocycles. The van der Waals surface area contributed by atoms with Gasteiger partial charge < -0.3 is 18.6 Å². The van der Waals surface area contributed by atoms with Gasteiger partial charge in [0.25, 0.3) is 8.32 Å². The summed E-state index contributed by atoms with van der Waals surface area (Å²) in [6, 6.07) is 15.4. The number of carbonyl (C=O) groups excluding carboxylic acids is 2. The Morgan fingerprint density at radius 3 is 2.12 bits per heavy atom. The topological polar surface area (TPSA) is 77.6 Å². The summed E-state index contributed by atoms with van der Waals surface area (Å²) in [7, 11) is -0.534. The van der Waals surface area contributed by atoms with E-state index >= 15 is 0 Å². The van der Waals surface area contributed by atoms with Crippen LogP contribution in [0.15, 0.2) is 48.5 Å². The first-order chi connectivity index (χ1) is 19.8. The summed E-state index contributed by atoms with van der Waals surface area (Å²) < 4.78 is 26.2. The molecular formula is C34H45NO6Si. The minimum Gasteiger partial charge on any atom is -0.543 e. The second-order valence-corrected chi connectivity index (χ2v) is 19.5. The van der Waals surface area contributed by atoms with Gasteiger partial charge in [0.05, 0.1) is 30.2 Å². The highest BCUT2D eigenvalue weighted by molar-refractivity contribution is 6.78. The van der Waals surface area contributed by atoms with Crippen LogP contribution in [-0.2, 0) is 24.7 Å². The fourth-order valence-electron chi connectivity index (χ4n) is 9.23. The summed E-state index contributed by atoms with van der Waals surface area (Å²) >= 11 is 0. The Morgan fingerprint density at radius 2 is 1.52 bits per heavy atom. The van der Waals surface area contributed by atoms with E-state index in [-0.39, 0.29) is 29.8 Å². The SMILES string of the molecule is COC[C@@H]1[C@@H]2C(=O)N(c3ccccc3)C(=O)[C@@H]2[C@@H]2C(C)(C)Oc3cc(O[Si](C(C)C)(C(C)C)C(C)C)ccc3[C@@]23O[C@@H]13. The predicted octanol–water partition coefficient (Wildman–Crippen LogP) is 6.70. The zero-order valence-electron chi connectivity index (χ0n) is 26.3. The molecular weight excluding hydrogens is 546 g/mol. The van der Waals surface area contributed by atoms with Crippen LogP contribution in [0.4, 0.5) is 5.69 Å². The second-order valence-electron chi connectivity index (χ2n) is 14.1. The third kappa shape index (κ3) is 3.90. The summed E-state index contributed by atoms with van der Waals surface area (Å²) in [6.07, 6.45) is -0.250. The molecule has 4 aliphatic rings. The van der Waals surface area contributed by atoms with Crippen molar-refractivity contribution in [1.29, 1.82) is 0 Å². The molecule has 0 bridgehead atoms. The average molecular weight is 592 g/mol. The van der Waals surface area contributed by atoms with E-state index in [4.69, 9.17) is 18.6 Å². The van der Waals surface area contributed by atoms with E-state index in [0.29, 0.717) is 28.9 Å². The Balaban J connectivity index is 1.44. The Kier molecular flexibility index (Phi) is 6.95. The van der Waals surface area contributed by atoms with Crippen molar-refractivity contribution in [3.8, 4) is 11.5 Å². The lowest BCUT2D eigenvalue weighted by Crippen LogP contribution is -2.59. The lowest BCUT2D eigenvalue weighted by Gasteiger charge is -2.50. The first kappa shape index (κ1) is 29.4. The molecule has 2 amide bonds. The minimum atomic E-state index is -2.18. The van der Waals surface area contributed by atoms with Crippen LogP contribution in [-0.4, -0.2) is 45.6 Å². The van der Waals surface area contributed by atoms with Crippen LogP contribution in [0.3, 0.4) is 0 Å². The number of anilines is 1. The molecule has 1 spiro atoms. The van der Waals surface area contributed by atoms with Gasteiger partial charge in [0.15, 0.2) is 0 Å². The predicted molar refractivity (Wildman–Crippen MR) is 164 cm³/mol. The van der Waals surface area contributed by atoms with E-state index in [1.165, 1.54) is 4.90 Å². The lowest BCUT2D eigenvalue weighted by atomic mass is 9.56. The smallest absolute Gasteiger partial charge is 0.258 e. The minimum absolute atomic E-state index is 0.176. The van der Waals surface area contributed by atoms with E-state index in [1.54, 1.807) is 7.11 Å². The molecule has 2 aromatic carbocycles. The number of para-hydroxylation sites is 1. The van der Waals surface area contributed by atoms with Crippen molar-refractivity contribution in [2.75, 3.05) is 18.6 Å². The van der Waals surface area contributed by atoms with Crippen LogP contribution in [0.2, 0.25) is 16.6 Å². The molecule has 226 valence electrons. The molecule has 0 radical (unpaired) electrons. The van der Waals surface area contributed by atoms with E-state index in [2.05, 4.69) is 53.7 Å². The van der Waals surface area contributed by atoms with Crippen LogP contribution in [0.1, 0.15) is 61.0 Å². The van der Waals surface area contributed by atoms with Crippen LogP contribution < -0.4 is 14.1 Å². The molecule has 0 unspecified atom stereocenters. The Labute approximate surface area is 251 Å². The van der Waals surface area contributed by atoms with Gasteiger partial charge in [0.1, 0.15) is 22.7 Å². The molecule has 0 N–H and O–H groups in total. The van der Waals surface area contributed by atoms with Crippen molar-refractivity contribution < 1.29 is 28.2 Å². The quantitative estimate of drug-likeness (QED) is 0.193. The molecule has 2 saturated heterocycles. The maximum absolute atomic E-state index is 14.3. The summed E-state index contributed by atoms with van der Waals surface area (Å²) in [5, 5.41) is 0. The lowest BCUT2D eigenvalue weighted by molar-refractivity contribution is -0.137. The van der Waals surface area contributed by atoms with Gasteiger partial charge in [-0.1, -0.05) is 59.7 Å². The van der Waals surface area contributed by atoms with Crippen molar-refractivity contribution in [1.82, 2.24) is 0 Å². The fourth-order valence-corrected chi connectivity index (χ4v) is 14.5. The second kappa shape index (κ2) is 9.93. The van der Waals surface area contributed by atoms with Crippen LogP contribution >= 0.6 is 0 Å². The van der Waals surface area contributed by atoms with Crippen molar-refractivity contribution in [2.45, 2.75) is 89.3 Å². The van der Waals surface area contributed by atoms with Crippen molar-refractivity contribution in [2.24, 2.45) is 23.7 Å². The zero-order chi connectivity index (χ0) is 30.4. The zero-order valence-corrected chi connectivity index (χ0v) is 27.3. The first-order valence-electron chi connectivity index (χ1n) is 15.4. The summed E-state index contributed by atoms with van der Waals surface area (Å²) in [5.74, 6) is -0.508. The van der Waals surface area contributed by atoms with Crippen LogP contribution in [0.25, 0.3) is 0 Å². The molecule has 42 heavy (non-hydrogen) atoms. The maximum atomic E-state index is 14.3. The number of hydrogen-bond acceptors (Lipinski definition) is 6. The summed E-state index contributed by atoms with van der Waals surface area (Å²) in [4.78, 5) is 29.6. The van der Waals surface area contributed by atoms with Gasteiger partial charge in [-0.05, 0) is 54.7 Å². The average Bonchev–Trinajstić information content (AvgIpc) is 3.60. The third-order valence-corrected chi connectivity index (χ3v) is 16.6. The number of benzene rings is 2. The number of epoxide rings is 1. The molecule has 7 nitrogen and oxygen atoms in total. The molecule has 6 atom stereocenters. The van der Waals surface area contributed by atoms with Crippen LogP contribution in [0, 0.1) is 23.7 Å². The molecule has 2 aromatic rings. The number of ether oxygens (including phenoxy) is 3. The fraction of sp³-hybridized carbons (Fsp3) is 0.588. The highest BCUT2D eigenvalue weighted by atomic mass is 28.4. The standard InChI is InChI=1S/C34H45NO6Si/c1-19(2)42(20(3)4,21(5)6)41-23-15-16-25-26(17-23)39-33(7,8)29-28-27(24(18-38-9)30-34(25,29)40-30)31(36)35(32(28)37)22-13-11-10-12-14-22/h10-17,19-21,24,27-30H,18H2,1-9H3/t24-,27+,28+,29-,30+,34-/m1/s1. The van der Waals surface area contributed by atoms with Gasteiger partial charge in [0.2, 0.25) is 11.8 Å². The first-order valence-corrected chi connectivity index (χ1v) is 17.6. The summed E-state index contributed by atoms with van der Waals surface area (Å²) in [5.41, 5.74) is 1.35. The monoisotopic (exact) mass is 591 g/mol. The molecule has 6 rings (SSSR count). The van der Waals surface area contributed by atoms with E-state index in [9.17, 15) is 9.59 Å². The molecule has 1 aliphatic carbocycles. The number of fused-ring (bicyclic) bond motifs is 3. The number of amides is 2. The highest BCUT2D eigenvalue weighted by Crippen LogP contribution is 2.71. The molecule has 3 heterocycles. The van der Waals surface area contributed by atoms with Gasteiger partial charge in [-0.15, -0.1) is 0 Å². The van der Waals surface area contributed by atoms with E-state index < -0.39 is 31.4 Å². The molecule has 3 fully saturated rings. The Morgan fingerprint density at radius 1 is 0.905 bits per heavy atom. The maximum Gasteiger partial charge on any atom is 0.258 e. The van der Waals surface area contributed by atoms with Crippen molar-refractivity contribution in [3.05, 3.63) is 54.1 Å². The number of carbonyl (C=O) groups is 2. The van der Waals surface area contributed by atoms with E-state index in [0.717, 1.165) is 17.1 Å². The van der Waals surface area contributed by atoms with Gasteiger partial charge in [-0.3, -0.25) is 14.5 Å². The number of hydrogen-bond donors (Lipinski definition) is 0. The molecule has 3 aliphatic heterocycles. The number of rotatable bonds is 8. The van der Waals surface area contributed by atoms with Crippen LogP contribution in [0.5, 0.6) is 11.5 Å². The van der Waals surface area contributed by atoms with Gasteiger partial charge in [-0.25, -0.2) is 0 Å². The normalized spacial score (nSPS) is 31.0. The highest BCUT2D eigenvalue weighted by Gasteiger charge is 2.81. The Hall–Kier alpha value is -2.68. The van der Waals surface area contributed by atoms with E-state index in [1.807, 2.05) is 50.2 Å². The summed E-state index contributed by atoms with van der Waals surface area (Å²) in [6.45, 7) is 18.1. The molecule has 1 saturated carbocycles.